The van der Waals surface area contributed by atoms with Crippen molar-refractivity contribution in [3.05, 3.63) is 52.5 Å². The summed E-state index contributed by atoms with van der Waals surface area (Å²) in [5, 5.41) is 25.1. The minimum Gasteiger partial charge on any atom is -0.395 e. The van der Waals surface area contributed by atoms with Gasteiger partial charge in [-0.05, 0) is 19.1 Å². The molecule has 0 saturated carbocycles. The number of aliphatic hydroxyl groups excluding tert-OH is 1. The summed E-state index contributed by atoms with van der Waals surface area (Å²) in [7, 11) is 0. The molecule has 1 aromatic carbocycles. The first-order chi connectivity index (χ1) is 14.6. The summed E-state index contributed by atoms with van der Waals surface area (Å²) in [4.78, 5) is 28.5. The number of piperazine rings is 1. The molecule has 10 nitrogen and oxygen atoms in total. The van der Waals surface area contributed by atoms with Gasteiger partial charge in [0.1, 0.15) is 6.33 Å². The topological polar surface area (TPSA) is 121 Å². The first kappa shape index (κ1) is 19.9. The standard InChI is InChI=1S/C20H23N7O3/c1-14-5-6-15-3-2-4-16(17(15)23-14)24-19-18(27(29)30)20(22-13-21-19)26-9-7-25(8-10-26)11-12-28/h2-6,13,28H,7-12H2,1H3,(H,21,22,24). The monoisotopic (exact) mass is 409 g/mol. The Labute approximate surface area is 173 Å². The van der Waals surface area contributed by atoms with Gasteiger partial charge in [-0.25, -0.2) is 9.97 Å². The van der Waals surface area contributed by atoms with E-state index in [0.717, 1.165) is 16.6 Å². The molecule has 156 valence electrons. The Morgan fingerprint density at radius 3 is 2.70 bits per heavy atom. The van der Waals surface area contributed by atoms with Crippen molar-refractivity contribution < 1.29 is 10.0 Å². The number of aliphatic hydroxyl groups is 1. The fourth-order valence-corrected chi connectivity index (χ4v) is 3.66. The molecule has 2 N–H and O–H groups in total. The molecular formula is C20H23N7O3. The maximum atomic E-state index is 12.0. The first-order valence-corrected chi connectivity index (χ1v) is 9.78. The molecule has 0 atom stereocenters. The Morgan fingerprint density at radius 1 is 1.17 bits per heavy atom. The minimum absolute atomic E-state index is 0.0975. The highest BCUT2D eigenvalue weighted by Gasteiger charge is 2.29. The number of hydrogen-bond acceptors (Lipinski definition) is 9. The zero-order valence-corrected chi connectivity index (χ0v) is 16.7. The van der Waals surface area contributed by atoms with Crippen molar-refractivity contribution in [3.63, 3.8) is 0 Å². The summed E-state index contributed by atoms with van der Waals surface area (Å²) < 4.78 is 0. The van der Waals surface area contributed by atoms with Crippen LogP contribution in [0.5, 0.6) is 0 Å². The maximum Gasteiger partial charge on any atom is 0.353 e. The molecule has 4 rings (SSSR count). The highest BCUT2D eigenvalue weighted by Crippen LogP contribution is 2.35. The molecule has 0 bridgehead atoms. The van der Waals surface area contributed by atoms with Crippen molar-refractivity contribution in [2.24, 2.45) is 0 Å². The van der Waals surface area contributed by atoms with E-state index in [1.807, 2.05) is 42.2 Å². The second-order valence-electron chi connectivity index (χ2n) is 7.16. The summed E-state index contributed by atoms with van der Waals surface area (Å²) in [5.74, 6) is 0.434. The summed E-state index contributed by atoms with van der Waals surface area (Å²) in [6.07, 6.45) is 1.34. The number of nitro groups is 1. The molecule has 2 aromatic heterocycles. The summed E-state index contributed by atoms with van der Waals surface area (Å²) in [5.41, 5.74) is 2.08. The van der Waals surface area contributed by atoms with Crippen LogP contribution in [0.2, 0.25) is 0 Å². The number of para-hydroxylation sites is 1. The van der Waals surface area contributed by atoms with E-state index >= 15 is 0 Å². The van der Waals surface area contributed by atoms with E-state index in [2.05, 4.69) is 25.2 Å². The van der Waals surface area contributed by atoms with Crippen molar-refractivity contribution in [2.75, 3.05) is 49.5 Å². The van der Waals surface area contributed by atoms with Crippen molar-refractivity contribution in [1.82, 2.24) is 19.9 Å². The molecule has 0 amide bonds. The van der Waals surface area contributed by atoms with E-state index in [4.69, 9.17) is 5.11 Å². The third kappa shape index (κ3) is 4.00. The van der Waals surface area contributed by atoms with Crippen LogP contribution in [0, 0.1) is 17.0 Å². The molecule has 3 heterocycles. The Morgan fingerprint density at radius 2 is 1.97 bits per heavy atom. The zero-order chi connectivity index (χ0) is 21.1. The molecule has 3 aromatic rings. The van der Waals surface area contributed by atoms with E-state index < -0.39 is 4.92 Å². The molecule has 1 fully saturated rings. The number of β-amino-alcohol motifs (C(OH)–C–C–N with tert-alkyl or cyclic N) is 1. The number of aromatic nitrogens is 3. The van der Waals surface area contributed by atoms with Crippen LogP contribution < -0.4 is 10.2 Å². The van der Waals surface area contributed by atoms with Crippen LogP contribution in [0.1, 0.15) is 5.69 Å². The minimum atomic E-state index is -0.443. The smallest absolute Gasteiger partial charge is 0.353 e. The normalized spacial score (nSPS) is 14.8. The van der Waals surface area contributed by atoms with Crippen LogP contribution in [-0.4, -0.2) is 69.2 Å². The quantitative estimate of drug-likeness (QED) is 0.466. The van der Waals surface area contributed by atoms with Crippen LogP contribution in [0.25, 0.3) is 10.9 Å². The molecule has 30 heavy (non-hydrogen) atoms. The van der Waals surface area contributed by atoms with Crippen LogP contribution in [0.4, 0.5) is 23.0 Å². The SMILES string of the molecule is Cc1ccc2cccc(Nc3ncnc(N4CCN(CCO)CC4)c3[N+](=O)[O-])c2n1. The second kappa shape index (κ2) is 8.56. The van der Waals surface area contributed by atoms with Gasteiger partial charge in [0.2, 0.25) is 11.6 Å². The third-order valence-electron chi connectivity index (χ3n) is 5.19. The lowest BCUT2D eigenvalue weighted by Gasteiger charge is -2.34. The zero-order valence-electron chi connectivity index (χ0n) is 16.7. The maximum absolute atomic E-state index is 12.0. The number of hydrogen-bond donors (Lipinski definition) is 2. The fourth-order valence-electron chi connectivity index (χ4n) is 3.66. The van der Waals surface area contributed by atoms with Gasteiger partial charge in [-0.15, -0.1) is 0 Å². The van der Waals surface area contributed by atoms with Crippen molar-refractivity contribution in [2.45, 2.75) is 6.92 Å². The third-order valence-corrected chi connectivity index (χ3v) is 5.19. The lowest BCUT2D eigenvalue weighted by molar-refractivity contribution is -0.383. The van der Waals surface area contributed by atoms with Gasteiger partial charge in [0.05, 0.1) is 22.7 Å². The molecule has 1 saturated heterocycles. The predicted molar refractivity (Wildman–Crippen MR) is 114 cm³/mol. The molecule has 1 aliphatic heterocycles. The number of nitrogens with zero attached hydrogens (tertiary/aromatic N) is 6. The van der Waals surface area contributed by atoms with E-state index in [-0.39, 0.29) is 18.1 Å². The summed E-state index contributed by atoms with van der Waals surface area (Å²) in [6, 6.07) is 9.53. The van der Waals surface area contributed by atoms with Gasteiger partial charge >= 0.3 is 5.69 Å². The fraction of sp³-hybridized carbons (Fsp3) is 0.350. The van der Waals surface area contributed by atoms with E-state index in [1.165, 1.54) is 6.33 Å². The molecular weight excluding hydrogens is 386 g/mol. The number of nitrogens with one attached hydrogen (secondary N) is 1. The van der Waals surface area contributed by atoms with Crippen molar-refractivity contribution in [3.8, 4) is 0 Å². The lowest BCUT2D eigenvalue weighted by Crippen LogP contribution is -2.47. The van der Waals surface area contributed by atoms with Crippen LogP contribution in [-0.2, 0) is 0 Å². The summed E-state index contributed by atoms with van der Waals surface area (Å²) in [6.45, 7) is 5.19. The van der Waals surface area contributed by atoms with Gasteiger partial charge in [0.15, 0.2) is 0 Å². The Kier molecular flexibility index (Phi) is 5.68. The van der Waals surface area contributed by atoms with Crippen LogP contribution >= 0.6 is 0 Å². The number of fused-ring (bicyclic) bond motifs is 1. The molecule has 10 heteroatoms. The molecule has 0 unspecified atom stereocenters. The lowest BCUT2D eigenvalue weighted by atomic mass is 10.1. The Hall–Kier alpha value is -3.37. The molecule has 0 aliphatic carbocycles. The average Bonchev–Trinajstić information content (AvgIpc) is 2.74. The van der Waals surface area contributed by atoms with Gasteiger partial charge in [0, 0.05) is 43.8 Å². The van der Waals surface area contributed by atoms with Crippen LogP contribution in [0.15, 0.2) is 36.7 Å². The van der Waals surface area contributed by atoms with E-state index in [9.17, 15) is 10.1 Å². The predicted octanol–water partition coefficient (Wildman–Crippen LogP) is 2.10. The van der Waals surface area contributed by atoms with Gasteiger partial charge in [0.25, 0.3) is 0 Å². The highest BCUT2D eigenvalue weighted by molar-refractivity contribution is 5.93. The van der Waals surface area contributed by atoms with E-state index in [1.54, 1.807) is 0 Å². The first-order valence-electron chi connectivity index (χ1n) is 9.78. The van der Waals surface area contributed by atoms with E-state index in [0.29, 0.717) is 44.2 Å². The number of anilines is 3. The largest absolute Gasteiger partial charge is 0.395 e. The molecule has 0 radical (unpaired) electrons. The van der Waals surface area contributed by atoms with Gasteiger partial charge in [-0.3, -0.25) is 20.0 Å². The van der Waals surface area contributed by atoms with Crippen molar-refractivity contribution >= 4 is 33.9 Å². The second-order valence-corrected chi connectivity index (χ2v) is 7.16. The Bertz CT molecular complexity index is 1070. The number of aryl methyl sites for hydroxylation is 1. The van der Waals surface area contributed by atoms with Gasteiger partial charge in [-0.1, -0.05) is 18.2 Å². The molecule has 1 aliphatic rings. The number of pyridine rings is 1. The van der Waals surface area contributed by atoms with Crippen LogP contribution in [0.3, 0.4) is 0 Å². The van der Waals surface area contributed by atoms with Crippen molar-refractivity contribution in [1.29, 1.82) is 0 Å². The number of rotatable bonds is 6. The molecule has 0 spiro atoms. The number of benzene rings is 1. The Balaban J connectivity index is 1.68. The average molecular weight is 409 g/mol. The van der Waals surface area contributed by atoms with Gasteiger partial charge in [-0.2, -0.15) is 0 Å². The van der Waals surface area contributed by atoms with Gasteiger partial charge < -0.3 is 15.3 Å². The highest BCUT2D eigenvalue weighted by atomic mass is 16.6. The summed E-state index contributed by atoms with van der Waals surface area (Å²) >= 11 is 0.